The largest absolute Gasteiger partial charge is 0.490 e. The van der Waals surface area contributed by atoms with E-state index in [1.807, 2.05) is 37.3 Å². The number of methoxy groups -OCH3 is 1. The van der Waals surface area contributed by atoms with E-state index in [4.69, 9.17) is 14.2 Å². The molecule has 8 nitrogen and oxygen atoms in total. The van der Waals surface area contributed by atoms with Crippen LogP contribution in [0.4, 0.5) is 0 Å². The summed E-state index contributed by atoms with van der Waals surface area (Å²) in [7, 11) is 1.50. The van der Waals surface area contributed by atoms with Crippen molar-refractivity contribution in [2.24, 2.45) is 5.10 Å². The number of amides is 2. The fourth-order valence-corrected chi connectivity index (χ4v) is 2.29. The van der Waals surface area contributed by atoms with Crippen LogP contribution in [-0.4, -0.2) is 44.9 Å². The van der Waals surface area contributed by atoms with Crippen molar-refractivity contribution in [2.75, 3.05) is 26.9 Å². The molecule has 2 aromatic rings. The quantitative estimate of drug-likeness (QED) is 0.275. The first-order chi connectivity index (χ1) is 14.1. The average Bonchev–Trinajstić information content (AvgIpc) is 2.74. The second-order valence-electron chi connectivity index (χ2n) is 5.86. The zero-order valence-corrected chi connectivity index (χ0v) is 16.5. The molecule has 0 saturated carbocycles. The molecule has 2 rings (SSSR count). The summed E-state index contributed by atoms with van der Waals surface area (Å²) in [5.41, 5.74) is 3.91. The number of carbonyl (C=O) groups excluding carboxylic acids is 2. The molecular formula is C21H25N3O5. The molecule has 0 heterocycles. The molecule has 0 saturated heterocycles. The Kier molecular flexibility index (Phi) is 9.17. The highest BCUT2D eigenvalue weighted by Crippen LogP contribution is 2.28. The molecule has 2 amide bonds. The molecule has 29 heavy (non-hydrogen) atoms. The Balaban J connectivity index is 1.95. The third kappa shape index (κ3) is 7.63. The van der Waals surface area contributed by atoms with Crippen molar-refractivity contribution in [3.63, 3.8) is 0 Å². The highest BCUT2D eigenvalue weighted by atomic mass is 16.5. The van der Waals surface area contributed by atoms with Crippen LogP contribution >= 0.6 is 0 Å². The second-order valence-corrected chi connectivity index (χ2v) is 5.86. The first kappa shape index (κ1) is 21.9. The Morgan fingerprint density at radius 3 is 2.55 bits per heavy atom. The lowest BCUT2D eigenvalue weighted by Crippen LogP contribution is -2.39. The van der Waals surface area contributed by atoms with Crippen molar-refractivity contribution < 1.29 is 23.8 Å². The standard InChI is InChI=1S/C21H25N3O5/c1-3-28-19-13-17(14-23-24-21(26)20(25)22-11-12-27-2)9-10-18(19)29-15-16-7-5-4-6-8-16/h4-10,13-14H,3,11-12,15H2,1-2H3,(H,22,25)(H,24,26)/b23-14-. The Morgan fingerprint density at radius 1 is 1.03 bits per heavy atom. The van der Waals surface area contributed by atoms with E-state index in [1.165, 1.54) is 13.3 Å². The zero-order chi connectivity index (χ0) is 20.9. The summed E-state index contributed by atoms with van der Waals surface area (Å²) in [6.07, 6.45) is 1.42. The van der Waals surface area contributed by atoms with Gasteiger partial charge in [0.25, 0.3) is 0 Å². The number of benzene rings is 2. The van der Waals surface area contributed by atoms with Crippen LogP contribution in [0, 0.1) is 0 Å². The molecular weight excluding hydrogens is 374 g/mol. The van der Waals surface area contributed by atoms with Gasteiger partial charge in [0.05, 0.1) is 19.4 Å². The third-order valence-corrected chi connectivity index (χ3v) is 3.68. The number of nitrogens with one attached hydrogen (secondary N) is 2. The van der Waals surface area contributed by atoms with E-state index in [0.717, 1.165) is 5.56 Å². The molecule has 0 aliphatic rings. The van der Waals surface area contributed by atoms with Crippen LogP contribution < -0.4 is 20.2 Å². The van der Waals surface area contributed by atoms with Gasteiger partial charge >= 0.3 is 11.8 Å². The van der Waals surface area contributed by atoms with E-state index < -0.39 is 11.8 Å². The lowest BCUT2D eigenvalue weighted by Gasteiger charge is -2.12. The first-order valence-electron chi connectivity index (χ1n) is 9.17. The number of ether oxygens (including phenoxy) is 3. The number of hydrogen-bond donors (Lipinski definition) is 2. The van der Waals surface area contributed by atoms with E-state index in [1.54, 1.807) is 18.2 Å². The molecule has 0 fully saturated rings. The molecule has 0 aliphatic heterocycles. The Morgan fingerprint density at radius 2 is 1.83 bits per heavy atom. The van der Waals surface area contributed by atoms with Gasteiger partial charge in [0.15, 0.2) is 11.5 Å². The van der Waals surface area contributed by atoms with Crippen molar-refractivity contribution >= 4 is 18.0 Å². The first-order valence-corrected chi connectivity index (χ1v) is 9.17. The molecule has 0 aliphatic carbocycles. The number of carbonyl (C=O) groups is 2. The van der Waals surface area contributed by atoms with Crippen LogP contribution in [0.1, 0.15) is 18.1 Å². The minimum atomic E-state index is -0.856. The van der Waals surface area contributed by atoms with Crippen molar-refractivity contribution in [1.29, 1.82) is 0 Å². The fraction of sp³-hybridized carbons (Fsp3) is 0.286. The van der Waals surface area contributed by atoms with E-state index in [0.29, 0.717) is 36.9 Å². The van der Waals surface area contributed by atoms with Gasteiger partial charge in [0.1, 0.15) is 6.61 Å². The van der Waals surface area contributed by atoms with Crippen LogP contribution in [0.3, 0.4) is 0 Å². The average molecular weight is 399 g/mol. The van der Waals surface area contributed by atoms with Gasteiger partial charge in [0.2, 0.25) is 0 Å². The maximum absolute atomic E-state index is 11.6. The number of nitrogens with zero attached hydrogens (tertiary/aromatic N) is 1. The monoisotopic (exact) mass is 399 g/mol. The summed E-state index contributed by atoms with van der Waals surface area (Å²) in [5.74, 6) is -0.463. The fourth-order valence-electron chi connectivity index (χ4n) is 2.29. The summed E-state index contributed by atoms with van der Waals surface area (Å²) < 4.78 is 16.3. The van der Waals surface area contributed by atoms with Gasteiger partial charge in [-0.25, -0.2) is 5.43 Å². The molecule has 0 bridgehead atoms. The van der Waals surface area contributed by atoms with Crippen LogP contribution in [0.5, 0.6) is 11.5 Å². The lowest BCUT2D eigenvalue weighted by molar-refractivity contribution is -0.139. The molecule has 0 aromatic heterocycles. The Labute approximate surface area is 169 Å². The third-order valence-electron chi connectivity index (χ3n) is 3.68. The second kappa shape index (κ2) is 12.1. The predicted octanol–water partition coefficient (Wildman–Crippen LogP) is 1.88. The number of rotatable bonds is 10. The SMILES string of the molecule is CCOc1cc(/C=N\NC(=O)C(=O)NCCOC)ccc1OCc1ccccc1. The van der Waals surface area contributed by atoms with E-state index >= 15 is 0 Å². The van der Waals surface area contributed by atoms with Crippen LogP contribution in [0.2, 0.25) is 0 Å². The summed E-state index contributed by atoms with van der Waals surface area (Å²) in [4.78, 5) is 23.2. The molecule has 2 aromatic carbocycles. The molecule has 0 spiro atoms. The van der Waals surface area contributed by atoms with Crippen LogP contribution in [0.25, 0.3) is 0 Å². The topological polar surface area (TPSA) is 98.2 Å². The maximum Gasteiger partial charge on any atom is 0.329 e. The highest BCUT2D eigenvalue weighted by molar-refractivity contribution is 6.35. The molecule has 0 atom stereocenters. The molecule has 154 valence electrons. The maximum atomic E-state index is 11.6. The summed E-state index contributed by atoms with van der Waals surface area (Å²) in [6, 6.07) is 15.1. The number of hydrazone groups is 1. The zero-order valence-electron chi connectivity index (χ0n) is 16.5. The van der Waals surface area contributed by atoms with Crippen molar-refractivity contribution in [2.45, 2.75) is 13.5 Å². The normalized spacial score (nSPS) is 10.6. The molecule has 8 heteroatoms. The minimum absolute atomic E-state index is 0.245. The number of hydrogen-bond acceptors (Lipinski definition) is 6. The van der Waals surface area contributed by atoms with Gasteiger partial charge in [-0.1, -0.05) is 30.3 Å². The Bertz CT molecular complexity index is 824. The van der Waals surface area contributed by atoms with Gasteiger partial charge < -0.3 is 19.5 Å². The summed E-state index contributed by atoms with van der Waals surface area (Å²) in [6.45, 7) is 3.34. The summed E-state index contributed by atoms with van der Waals surface area (Å²) >= 11 is 0. The predicted molar refractivity (Wildman–Crippen MR) is 109 cm³/mol. The van der Waals surface area contributed by atoms with Crippen molar-refractivity contribution in [3.05, 3.63) is 59.7 Å². The van der Waals surface area contributed by atoms with Crippen LogP contribution in [0.15, 0.2) is 53.6 Å². The Hall–Kier alpha value is -3.39. The molecule has 0 radical (unpaired) electrons. The van der Waals surface area contributed by atoms with E-state index in [9.17, 15) is 9.59 Å². The smallest absolute Gasteiger partial charge is 0.329 e. The van der Waals surface area contributed by atoms with Gasteiger partial charge in [-0.15, -0.1) is 0 Å². The van der Waals surface area contributed by atoms with E-state index in [-0.39, 0.29) is 6.54 Å². The molecule has 0 unspecified atom stereocenters. The molecule has 2 N–H and O–H groups in total. The van der Waals surface area contributed by atoms with Gasteiger partial charge in [-0.3, -0.25) is 9.59 Å². The highest BCUT2D eigenvalue weighted by Gasteiger charge is 2.11. The van der Waals surface area contributed by atoms with E-state index in [2.05, 4.69) is 15.8 Å². The van der Waals surface area contributed by atoms with Crippen molar-refractivity contribution in [3.8, 4) is 11.5 Å². The minimum Gasteiger partial charge on any atom is -0.490 e. The lowest BCUT2D eigenvalue weighted by atomic mass is 10.2. The van der Waals surface area contributed by atoms with Crippen molar-refractivity contribution in [1.82, 2.24) is 10.7 Å². The van der Waals surface area contributed by atoms with Gasteiger partial charge in [0, 0.05) is 13.7 Å². The van der Waals surface area contributed by atoms with Gasteiger partial charge in [-0.05, 0) is 36.2 Å². The summed E-state index contributed by atoms with van der Waals surface area (Å²) in [5, 5.41) is 6.21. The van der Waals surface area contributed by atoms with Crippen LogP contribution in [-0.2, 0) is 20.9 Å². The van der Waals surface area contributed by atoms with Gasteiger partial charge in [-0.2, -0.15) is 5.10 Å².